The summed E-state index contributed by atoms with van der Waals surface area (Å²) in [5, 5.41) is 8.97. The Bertz CT molecular complexity index is 247. The molecule has 0 aromatic heterocycles. The molecule has 1 amide bonds. The molecular formula is C12H21NO3. The molecule has 0 saturated heterocycles. The smallest absolute Gasteiger partial charge is 0.230 e. The lowest BCUT2D eigenvalue weighted by Crippen LogP contribution is -2.43. The lowest BCUT2D eigenvalue weighted by atomic mass is 9.94. The molecule has 0 aliphatic heterocycles. The summed E-state index contributed by atoms with van der Waals surface area (Å²) in [7, 11) is 0. The summed E-state index contributed by atoms with van der Waals surface area (Å²) in [6.45, 7) is 1.76. The normalized spacial score (nSPS) is 17.1. The Labute approximate surface area is 96.6 Å². The zero-order chi connectivity index (χ0) is 12.0. The zero-order valence-electron chi connectivity index (χ0n) is 9.95. The second-order valence-corrected chi connectivity index (χ2v) is 4.48. The van der Waals surface area contributed by atoms with Crippen LogP contribution in [0, 0.1) is 0 Å². The van der Waals surface area contributed by atoms with E-state index in [4.69, 9.17) is 5.11 Å². The van der Waals surface area contributed by atoms with E-state index in [2.05, 4.69) is 0 Å². The summed E-state index contributed by atoms with van der Waals surface area (Å²) < 4.78 is 0. The highest BCUT2D eigenvalue weighted by Gasteiger charge is 2.25. The summed E-state index contributed by atoms with van der Waals surface area (Å²) in [6.07, 6.45) is 5.48. The maximum atomic E-state index is 11.8. The molecular weight excluding hydrogens is 206 g/mol. The Morgan fingerprint density at radius 3 is 2.38 bits per heavy atom. The first kappa shape index (κ1) is 13.2. The molecule has 1 N–H and O–H groups in total. The van der Waals surface area contributed by atoms with Gasteiger partial charge in [0.15, 0.2) is 0 Å². The Morgan fingerprint density at radius 2 is 1.88 bits per heavy atom. The van der Waals surface area contributed by atoms with Crippen molar-refractivity contribution in [1.82, 2.24) is 4.90 Å². The minimum atomic E-state index is -0.131. The van der Waals surface area contributed by atoms with Gasteiger partial charge in [-0.3, -0.25) is 9.59 Å². The first-order valence-electron chi connectivity index (χ1n) is 6.05. The van der Waals surface area contributed by atoms with Gasteiger partial charge in [-0.25, -0.2) is 0 Å². The number of carbonyl (C=O) groups excluding carboxylic acids is 2. The molecule has 4 heteroatoms. The van der Waals surface area contributed by atoms with E-state index < -0.39 is 0 Å². The van der Waals surface area contributed by atoms with Crippen LogP contribution < -0.4 is 0 Å². The Morgan fingerprint density at radius 1 is 1.25 bits per heavy atom. The summed E-state index contributed by atoms with van der Waals surface area (Å²) >= 11 is 0. The second-order valence-electron chi connectivity index (χ2n) is 4.48. The molecule has 16 heavy (non-hydrogen) atoms. The van der Waals surface area contributed by atoms with Gasteiger partial charge in [0.25, 0.3) is 0 Å². The lowest BCUT2D eigenvalue weighted by molar-refractivity contribution is -0.137. The molecule has 4 nitrogen and oxygen atoms in total. The van der Waals surface area contributed by atoms with Gasteiger partial charge in [-0.15, -0.1) is 0 Å². The number of carbonyl (C=O) groups is 2. The van der Waals surface area contributed by atoms with Gasteiger partial charge in [0.2, 0.25) is 5.91 Å². The Balaban J connectivity index is 2.57. The summed E-state index contributed by atoms with van der Waals surface area (Å²) in [5.74, 6) is -0.239. The van der Waals surface area contributed by atoms with Crippen LogP contribution >= 0.6 is 0 Å². The van der Waals surface area contributed by atoms with Crippen LogP contribution in [-0.4, -0.2) is 40.9 Å². The highest BCUT2D eigenvalue weighted by molar-refractivity contribution is 5.96. The van der Waals surface area contributed by atoms with Crippen molar-refractivity contribution in [3.8, 4) is 0 Å². The van der Waals surface area contributed by atoms with E-state index in [1.165, 1.54) is 13.3 Å². The molecule has 0 aromatic carbocycles. The Kier molecular flexibility index (Phi) is 5.46. The molecule has 0 bridgehead atoms. The molecule has 0 radical (unpaired) electrons. The number of Topliss-reactive ketones (excluding diaryl/α,β-unsaturated/α-hetero) is 1. The topological polar surface area (TPSA) is 57.6 Å². The number of hydrogen-bond acceptors (Lipinski definition) is 3. The minimum Gasteiger partial charge on any atom is -0.395 e. The molecule has 0 atom stereocenters. The third-order valence-corrected chi connectivity index (χ3v) is 3.08. The lowest BCUT2D eigenvalue weighted by Gasteiger charge is -2.33. The maximum absolute atomic E-state index is 11.8. The number of amides is 1. The molecule has 1 aliphatic rings. The van der Waals surface area contributed by atoms with Crippen molar-refractivity contribution in [3.63, 3.8) is 0 Å². The van der Waals surface area contributed by atoms with Gasteiger partial charge >= 0.3 is 0 Å². The molecule has 0 heterocycles. The van der Waals surface area contributed by atoms with Crippen molar-refractivity contribution < 1.29 is 14.7 Å². The monoisotopic (exact) mass is 227 g/mol. The van der Waals surface area contributed by atoms with Gasteiger partial charge in [0.1, 0.15) is 5.78 Å². The van der Waals surface area contributed by atoms with Crippen molar-refractivity contribution in [3.05, 3.63) is 0 Å². The largest absolute Gasteiger partial charge is 0.395 e. The molecule has 1 aliphatic carbocycles. The summed E-state index contributed by atoms with van der Waals surface area (Å²) in [5.41, 5.74) is 0. The van der Waals surface area contributed by atoms with Crippen molar-refractivity contribution in [1.29, 1.82) is 0 Å². The van der Waals surface area contributed by atoms with Gasteiger partial charge in [-0.1, -0.05) is 19.3 Å². The Hall–Kier alpha value is -0.900. The van der Waals surface area contributed by atoms with Crippen LogP contribution in [0.15, 0.2) is 0 Å². The van der Waals surface area contributed by atoms with E-state index in [-0.39, 0.29) is 30.8 Å². The van der Waals surface area contributed by atoms with E-state index in [0.29, 0.717) is 6.54 Å². The quantitative estimate of drug-likeness (QED) is 0.716. The molecule has 1 rings (SSSR count). The van der Waals surface area contributed by atoms with Gasteiger partial charge in [0.05, 0.1) is 13.0 Å². The van der Waals surface area contributed by atoms with Gasteiger partial charge in [-0.05, 0) is 19.8 Å². The summed E-state index contributed by atoms with van der Waals surface area (Å²) in [6, 6.07) is 0.229. The highest BCUT2D eigenvalue weighted by Crippen LogP contribution is 2.22. The van der Waals surface area contributed by atoms with Gasteiger partial charge in [-0.2, -0.15) is 0 Å². The van der Waals surface area contributed by atoms with E-state index in [0.717, 1.165) is 25.7 Å². The summed E-state index contributed by atoms with van der Waals surface area (Å²) in [4.78, 5) is 24.5. The molecule has 1 fully saturated rings. The zero-order valence-corrected chi connectivity index (χ0v) is 9.95. The van der Waals surface area contributed by atoms with Crippen molar-refractivity contribution >= 4 is 11.7 Å². The van der Waals surface area contributed by atoms with E-state index >= 15 is 0 Å². The number of aliphatic hydroxyl groups is 1. The fourth-order valence-corrected chi connectivity index (χ4v) is 2.33. The molecule has 0 spiro atoms. The average Bonchev–Trinajstić information content (AvgIpc) is 2.26. The number of aliphatic hydroxyl groups excluding tert-OH is 1. The molecule has 0 aromatic rings. The van der Waals surface area contributed by atoms with Crippen LogP contribution in [0.3, 0.4) is 0 Å². The number of ketones is 1. The van der Waals surface area contributed by atoms with Crippen LogP contribution in [0.1, 0.15) is 45.4 Å². The van der Waals surface area contributed by atoms with Gasteiger partial charge < -0.3 is 10.0 Å². The fourth-order valence-electron chi connectivity index (χ4n) is 2.33. The van der Waals surface area contributed by atoms with E-state index in [9.17, 15) is 9.59 Å². The highest BCUT2D eigenvalue weighted by atomic mass is 16.3. The van der Waals surface area contributed by atoms with Crippen LogP contribution in [0.2, 0.25) is 0 Å². The third-order valence-electron chi connectivity index (χ3n) is 3.08. The van der Waals surface area contributed by atoms with Crippen molar-refractivity contribution in [2.75, 3.05) is 13.2 Å². The van der Waals surface area contributed by atoms with E-state index in [1.54, 1.807) is 4.90 Å². The fraction of sp³-hybridized carbons (Fsp3) is 0.833. The number of hydrogen-bond donors (Lipinski definition) is 1. The molecule has 1 saturated carbocycles. The maximum Gasteiger partial charge on any atom is 0.230 e. The van der Waals surface area contributed by atoms with Crippen molar-refractivity contribution in [2.45, 2.75) is 51.5 Å². The first-order valence-corrected chi connectivity index (χ1v) is 6.05. The molecule has 92 valence electrons. The minimum absolute atomic E-state index is 0.0276. The van der Waals surface area contributed by atoms with Crippen molar-refractivity contribution in [2.24, 2.45) is 0 Å². The SMILES string of the molecule is CC(=O)CC(=O)N(CCO)C1CCCCC1. The standard InChI is InChI=1S/C12H21NO3/c1-10(15)9-12(16)13(7-8-14)11-5-3-2-4-6-11/h11,14H,2-9H2,1H3. The first-order chi connectivity index (χ1) is 7.65. The van der Waals surface area contributed by atoms with Crippen LogP contribution in [-0.2, 0) is 9.59 Å². The average molecular weight is 227 g/mol. The van der Waals surface area contributed by atoms with Crippen LogP contribution in [0.4, 0.5) is 0 Å². The van der Waals surface area contributed by atoms with Crippen LogP contribution in [0.5, 0.6) is 0 Å². The second kappa shape index (κ2) is 6.63. The van der Waals surface area contributed by atoms with Crippen LogP contribution in [0.25, 0.3) is 0 Å². The van der Waals surface area contributed by atoms with E-state index in [1.807, 2.05) is 0 Å². The third kappa shape index (κ3) is 3.93. The molecule has 0 unspecified atom stereocenters. The van der Waals surface area contributed by atoms with Gasteiger partial charge in [0, 0.05) is 12.6 Å². The number of nitrogens with zero attached hydrogens (tertiary/aromatic N) is 1. The predicted molar refractivity (Wildman–Crippen MR) is 61.0 cm³/mol. The predicted octanol–water partition coefficient (Wildman–Crippen LogP) is 1.12. The number of rotatable bonds is 5.